The smallest absolute Gasteiger partial charge is 0.253 e. The molecule has 0 saturated carbocycles. The van der Waals surface area contributed by atoms with E-state index in [1.807, 2.05) is 36.1 Å². The Morgan fingerprint density at radius 2 is 2.00 bits per heavy atom. The van der Waals surface area contributed by atoms with Crippen molar-refractivity contribution in [1.82, 2.24) is 20.4 Å². The molecule has 2 aliphatic rings. The maximum atomic E-state index is 12.6. The SMILES string of the molecule is CCc1nc(COc2ccc(C(=O)N3C[C@H]4CNC[C@H]4C3)cc2)no1. The van der Waals surface area contributed by atoms with Crippen LogP contribution in [-0.4, -0.2) is 47.1 Å². The molecule has 132 valence electrons. The third-order valence-electron chi connectivity index (χ3n) is 4.96. The van der Waals surface area contributed by atoms with E-state index in [2.05, 4.69) is 15.5 Å². The molecule has 1 aromatic carbocycles. The van der Waals surface area contributed by atoms with Gasteiger partial charge >= 0.3 is 0 Å². The minimum atomic E-state index is 0.103. The molecule has 2 fully saturated rings. The van der Waals surface area contributed by atoms with Crippen LogP contribution in [0.2, 0.25) is 0 Å². The minimum absolute atomic E-state index is 0.103. The second-order valence-corrected chi connectivity index (χ2v) is 6.66. The fourth-order valence-electron chi connectivity index (χ4n) is 3.54. The summed E-state index contributed by atoms with van der Waals surface area (Å²) in [6, 6.07) is 7.26. The van der Waals surface area contributed by atoms with Crippen molar-refractivity contribution in [3.8, 4) is 5.75 Å². The number of aryl methyl sites for hydroxylation is 1. The Balaban J connectivity index is 1.34. The summed E-state index contributed by atoms with van der Waals surface area (Å²) in [7, 11) is 0. The van der Waals surface area contributed by atoms with Crippen LogP contribution in [0.5, 0.6) is 5.75 Å². The quantitative estimate of drug-likeness (QED) is 0.887. The second kappa shape index (κ2) is 6.84. The number of ether oxygens (including phenoxy) is 1. The maximum absolute atomic E-state index is 12.6. The molecule has 0 aliphatic carbocycles. The van der Waals surface area contributed by atoms with Crippen molar-refractivity contribution in [3.63, 3.8) is 0 Å². The van der Waals surface area contributed by atoms with Crippen LogP contribution in [0, 0.1) is 11.8 Å². The van der Waals surface area contributed by atoms with Crippen molar-refractivity contribution in [2.45, 2.75) is 20.0 Å². The van der Waals surface area contributed by atoms with Gasteiger partial charge in [0.15, 0.2) is 6.61 Å². The van der Waals surface area contributed by atoms with Crippen molar-refractivity contribution >= 4 is 5.91 Å². The van der Waals surface area contributed by atoms with Crippen LogP contribution < -0.4 is 10.1 Å². The van der Waals surface area contributed by atoms with E-state index in [1.165, 1.54) is 0 Å². The zero-order valence-corrected chi connectivity index (χ0v) is 14.3. The zero-order valence-electron chi connectivity index (χ0n) is 14.3. The molecule has 7 nitrogen and oxygen atoms in total. The predicted molar refractivity (Wildman–Crippen MR) is 90.2 cm³/mol. The van der Waals surface area contributed by atoms with Crippen molar-refractivity contribution in [2.24, 2.45) is 11.8 Å². The number of nitrogens with one attached hydrogen (secondary N) is 1. The molecule has 2 saturated heterocycles. The zero-order chi connectivity index (χ0) is 17.2. The van der Waals surface area contributed by atoms with Crippen molar-refractivity contribution in [2.75, 3.05) is 26.2 Å². The van der Waals surface area contributed by atoms with E-state index in [0.29, 0.717) is 41.3 Å². The molecule has 3 heterocycles. The van der Waals surface area contributed by atoms with Gasteiger partial charge in [0.1, 0.15) is 5.75 Å². The first-order valence-corrected chi connectivity index (χ1v) is 8.77. The van der Waals surface area contributed by atoms with Crippen LogP contribution in [0.25, 0.3) is 0 Å². The molecule has 2 aliphatic heterocycles. The highest BCUT2D eigenvalue weighted by atomic mass is 16.5. The summed E-state index contributed by atoms with van der Waals surface area (Å²) in [6.45, 7) is 5.96. The van der Waals surface area contributed by atoms with Gasteiger partial charge in [0.2, 0.25) is 11.7 Å². The maximum Gasteiger partial charge on any atom is 0.253 e. The highest BCUT2D eigenvalue weighted by Crippen LogP contribution is 2.27. The number of fused-ring (bicyclic) bond motifs is 1. The Morgan fingerprint density at radius 1 is 1.28 bits per heavy atom. The van der Waals surface area contributed by atoms with Gasteiger partial charge in [-0.15, -0.1) is 0 Å². The molecule has 2 aromatic rings. The van der Waals surface area contributed by atoms with Gasteiger partial charge in [-0.1, -0.05) is 12.1 Å². The molecular weight excluding hydrogens is 320 g/mol. The Kier molecular flexibility index (Phi) is 4.40. The number of nitrogens with zero attached hydrogens (tertiary/aromatic N) is 3. The fourth-order valence-corrected chi connectivity index (χ4v) is 3.54. The lowest BCUT2D eigenvalue weighted by molar-refractivity contribution is 0.0781. The Morgan fingerprint density at radius 3 is 2.64 bits per heavy atom. The number of aromatic nitrogens is 2. The summed E-state index contributed by atoms with van der Waals surface area (Å²) in [5.74, 6) is 3.12. The number of amides is 1. The highest BCUT2D eigenvalue weighted by Gasteiger charge is 2.38. The van der Waals surface area contributed by atoms with E-state index in [4.69, 9.17) is 9.26 Å². The van der Waals surface area contributed by atoms with Gasteiger partial charge in [0.05, 0.1) is 0 Å². The summed E-state index contributed by atoms with van der Waals surface area (Å²) in [4.78, 5) is 18.8. The molecule has 1 N–H and O–H groups in total. The molecule has 25 heavy (non-hydrogen) atoms. The number of hydrogen-bond donors (Lipinski definition) is 1. The van der Waals surface area contributed by atoms with Gasteiger partial charge in [-0.25, -0.2) is 0 Å². The summed E-state index contributed by atoms with van der Waals surface area (Å²) in [5.41, 5.74) is 0.702. The Bertz CT molecular complexity index is 731. The summed E-state index contributed by atoms with van der Waals surface area (Å²) in [6.07, 6.45) is 0.706. The van der Waals surface area contributed by atoms with Crippen LogP contribution in [0.15, 0.2) is 28.8 Å². The average molecular weight is 342 g/mol. The van der Waals surface area contributed by atoms with Crippen LogP contribution in [0.4, 0.5) is 0 Å². The van der Waals surface area contributed by atoms with Crippen molar-refractivity contribution in [3.05, 3.63) is 41.5 Å². The monoisotopic (exact) mass is 342 g/mol. The number of carbonyl (C=O) groups excluding carboxylic acids is 1. The lowest BCUT2D eigenvalue weighted by Crippen LogP contribution is -2.31. The summed E-state index contributed by atoms with van der Waals surface area (Å²) < 4.78 is 10.7. The third kappa shape index (κ3) is 3.37. The number of carbonyl (C=O) groups is 1. The molecule has 1 aromatic heterocycles. The van der Waals surface area contributed by atoms with E-state index in [0.717, 1.165) is 26.2 Å². The normalized spacial score (nSPS) is 22.2. The molecule has 0 spiro atoms. The molecule has 1 amide bonds. The molecule has 0 unspecified atom stereocenters. The highest BCUT2D eigenvalue weighted by molar-refractivity contribution is 5.94. The van der Waals surface area contributed by atoms with Crippen molar-refractivity contribution < 1.29 is 14.1 Å². The van der Waals surface area contributed by atoms with Gasteiger partial charge < -0.3 is 19.5 Å². The van der Waals surface area contributed by atoms with Gasteiger partial charge in [0, 0.05) is 38.2 Å². The fraction of sp³-hybridized carbons (Fsp3) is 0.500. The Labute approximate surface area is 146 Å². The van der Waals surface area contributed by atoms with Gasteiger partial charge in [-0.05, 0) is 36.1 Å². The topological polar surface area (TPSA) is 80.5 Å². The average Bonchev–Trinajstić information content (AvgIpc) is 3.35. The molecule has 2 atom stereocenters. The first-order chi connectivity index (χ1) is 12.2. The van der Waals surface area contributed by atoms with E-state index >= 15 is 0 Å². The predicted octanol–water partition coefficient (Wildman–Crippen LogP) is 1.50. The van der Waals surface area contributed by atoms with E-state index in [9.17, 15) is 4.79 Å². The standard InChI is InChI=1S/C18H22N4O3/c1-2-17-20-16(21-25-17)11-24-15-5-3-12(4-6-15)18(23)22-9-13-7-19-8-14(13)10-22/h3-6,13-14,19H,2,7-11H2,1H3/t13-,14+. The molecular formula is C18H22N4O3. The molecule has 4 rings (SSSR count). The molecule has 0 bridgehead atoms. The lowest BCUT2D eigenvalue weighted by atomic mass is 10.0. The first kappa shape index (κ1) is 16.1. The number of benzene rings is 1. The van der Waals surface area contributed by atoms with Crippen molar-refractivity contribution in [1.29, 1.82) is 0 Å². The van der Waals surface area contributed by atoms with E-state index < -0.39 is 0 Å². The van der Waals surface area contributed by atoms with E-state index in [1.54, 1.807) is 0 Å². The summed E-state index contributed by atoms with van der Waals surface area (Å²) in [5, 5.41) is 7.24. The minimum Gasteiger partial charge on any atom is -0.485 e. The summed E-state index contributed by atoms with van der Waals surface area (Å²) >= 11 is 0. The first-order valence-electron chi connectivity index (χ1n) is 8.77. The molecule has 7 heteroatoms. The van der Waals surface area contributed by atoms with Gasteiger partial charge in [0.25, 0.3) is 5.91 Å². The third-order valence-corrected chi connectivity index (χ3v) is 4.96. The lowest BCUT2D eigenvalue weighted by Gasteiger charge is -2.17. The van der Waals surface area contributed by atoms with Crippen LogP contribution in [0.3, 0.4) is 0 Å². The van der Waals surface area contributed by atoms with Crippen LogP contribution >= 0.6 is 0 Å². The van der Waals surface area contributed by atoms with E-state index in [-0.39, 0.29) is 12.5 Å². The number of rotatable bonds is 5. The second-order valence-electron chi connectivity index (χ2n) is 6.66. The number of hydrogen-bond acceptors (Lipinski definition) is 6. The molecule has 0 radical (unpaired) electrons. The van der Waals surface area contributed by atoms with Gasteiger partial charge in [-0.2, -0.15) is 4.98 Å². The number of likely N-dealkylation sites (tertiary alicyclic amines) is 1. The van der Waals surface area contributed by atoms with Crippen LogP contribution in [0.1, 0.15) is 29.0 Å². The van der Waals surface area contributed by atoms with Gasteiger partial charge in [-0.3, -0.25) is 4.79 Å². The van der Waals surface area contributed by atoms with Crippen LogP contribution in [-0.2, 0) is 13.0 Å². The Hall–Kier alpha value is -2.41. The largest absolute Gasteiger partial charge is 0.485 e.